The summed E-state index contributed by atoms with van der Waals surface area (Å²) >= 11 is 0. The Bertz CT molecular complexity index is 1100. The number of rotatable bonds is 5. The molecule has 0 atom stereocenters. The van der Waals surface area contributed by atoms with Crippen molar-refractivity contribution in [1.29, 1.82) is 5.41 Å². The maximum Gasteiger partial charge on any atom is 0.253 e. The van der Waals surface area contributed by atoms with E-state index in [1.165, 1.54) is 0 Å². The minimum Gasteiger partial charge on any atom is -0.359 e. The van der Waals surface area contributed by atoms with E-state index in [0.717, 1.165) is 5.56 Å². The number of hydrogen-bond acceptors (Lipinski definition) is 5. The molecule has 160 valence electrons. The number of benzene rings is 2. The van der Waals surface area contributed by atoms with Gasteiger partial charge in [0.15, 0.2) is 11.7 Å². The second kappa shape index (κ2) is 9.25. The molecule has 31 heavy (non-hydrogen) atoms. The fourth-order valence-electron chi connectivity index (χ4n) is 3.00. The lowest BCUT2D eigenvalue weighted by atomic mass is 9.80. The van der Waals surface area contributed by atoms with Crippen LogP contribution in [0, 0.1) is 5.41 Å². The van der Waals surface area contributed by atoms with Gasteiger partial charge in [0.1, 0.15) is 0 Å². The zero-order valence-corrected chi connectivity index (χ0v) is 18.0. The Morgan fingerprint density at radius 1 is 1.00 bits per heavy atom. The Morgan fingerprint density at radius 2 is 1.71 bits per heavy atom. The van der Waals surface area contributed by atoms with Gasteiger partial charge in [-0.05, 0) is 11.6 Å². The summed E-state index contributed by atoms with van der Waals surface area (Å²) in [5.74, 6) is 0.698. The van der Waals surface area contributed by atoms with Crippen LogP contribution in [0.2, 0.25) is 0 Å². The number of aromatic nitrogens is 1. The summed E-state index contributed by atoms with van der Waals surface area (Å²) in [6, 6.07) is 18.5. The van der Waals surface area contributed by atoms with Crippen molar-refractivity contribution < 1.29 is 9.32 Å². The van der Waals surface area contributed by atoms with Gasteiger partial charge >= 0.3 is 0 Å². The molecule has 0 saturated heterocycles. The van der Waals surface area contributed by atoms with Crippen LogP contribution in [0.3, 0.4) is 0 Å². The average Bonchev–Trinajstić information content (AvgIpc) is 3.28. The van der Waals surface area contributed by atoms with Crippen molar-refractivity contribution in [2.45, 2.75) is 19.3 Å². The van der Waals surface area contributed by atoms with Crippen LogP contribution in [0.1, 0.15) is 41.0 Å². The topological polar surface area (TPSA) is 115 Å². The van der Waals surface area contributed by atoms with E-state index in [4.69, 9.17) is 9.93 Å². The molecule has 8 heteroatoms. The largest absolute Gasteiger partial charge is 0.359 e. The molecular weight excluding hydrogens is 392 g/mol. The van der Waals surface area contributed by atoms with Crippen LogP contribution in [0.25, 0.3) is 0 Å². The van der Waals surface area contributed by atoms with E-state index in [9.17, 15) is 4.79 Å². The van der Waals surface area contributed by atoms with Crippen LogP contribution in [-0.4, -0.2) is 37.0 Å². The number of aliphatic imine (C=N–C) groups is 1. The molecule has 1 aromatic heterocycles. The highest BCUT2D eigenvalue weighted by molar-refractivity contribution is 6.09. The minimum absolute atomic E-state index is 0.0274. The zero-order chi connectivity index (χ0) is 22.4. The van der Waals surface area contributed by atoms with Crippen molar-refractivity contribution >= 4 is 23.6 Å². The molecule has 0 unspecified atom stereocenters. The minimum atomic E-state index is -0.519. The normalized spacial score (nSPS) is 11.7. The van der Waals surface area contributed by atoms with Gasteiger partial charge < -0.3 is 15.2 Å². The first-order valence-corrected chi connectivity index (χ1v) is 9.82. The summed E-state index contributed by atoms with van der Waals surface area (Å²) in [5, 5.41) is 20.1. The molecule has 4 N–H and O–H groups in total. The fourth-order valence-corrected chi connectivity index (χ4v) is 3.00. The molecule has 3 aromatic rings. The van der Waals surface area contributed by atoms with Crippen LogP contribution in [0.4, 0.5) is 5.88 Å². The van der Waals surface area contributed by atoms with E-state index in [1.807, 2.05) is 68.4 Å². The van der Waals surface area contributed by atoms with Crippen molar-refractivity contribution in [2.75, 3.05) is 14.1 Å². The first kappa shape index (κ1) is 21.8. The lowest BCUT2D eigenvalue weighted by Gasteiger charge is -2.22. The van der Waals surface area contributed by atoms with Crippen LogP contribution < -0.4 is 16.0 Å². The Morgan fingerprint density at radius 3 is 2.39 bits per heavy atom. The molecule has 0 saturated carbocycles. The second-order valence-electron chi connectivity index (χ2n) is 7.41. The Labute approximate surface area is 181 Å². The van der Waals surface area contributed by atoms with Gasteiger partial charge in [0.05, 0.1) is 5.69 Å². The average molecular weight is 419 g/mol. The van der Waals surface area contributed by atoms with Crippen molar-refractivity contribution in [3.8, 4) is 0 Å². The maximum absolute atomic E-state index is 12.8. The summed E-state index contributed by atoms with van der Waals surface area (Å²) in [5.41, 5.74) is 2.35. The van der Waals surface area contributed by atoms with Gasteiger partial charge in [0.2, 0.25) is 5.96 Å². The molecule has 0 aliphatic heterocycles. The number of nitrogens with one attached hydrogen (secondary N) is 4. The molecule has 0 bridgehead atoms. The highest BCUT2D eigenvalue weighted by atomic mass is 16.5. The van der Waals surface area contributed by atoms with Crippen molar-refractivity contribution in [3.63, 3.8) is 0 Å². The van der Waals surface area contributed by atoms with Crippen molar-refractivity contribution in [3.05, 3.63) is 83.0 Å². The van der Waals surface area contributed by atoms with Gasteiger partial charge in [0.25, 0.3) is 5.88 Å². The van der Waals surface area contributed by atoms with Gasteiger partial charge in [-0.15, -0.1) is 0 Å². The SMILES string of the molecule is CNC(=N)NC(=Nc1cc(C(C)(C)c2cccc(C(=O)c3ccccc3)c2)no1)NC. The third kappa shape index (κ3) is 4.98. The van der Waals surface area contributed by atoms with Gasteiger partial charge in [-0.1, -0.05) is 67.5 Å². The molecular formula is C23H26N6O2. The smallest absolute Gasteiger partial charge is 0.253 e. The highest BCUT2D eigenvalue weighted by Crippen LogP contribution is 2.33. The van der Waals surface area contributed by atoms with Crippen LogP contribution in [0.15, 0.2) is 70.2 Å². The Balaban J connectivity index is 1.87. The number of carbonyl (C=O) groups excluding carboxylic acids is 1. The Kier molecular flexibility index (Phi) is 6.49. The van der Waals surface area contributed by atoms with E-state index in [-0.39, 0.29) is 11.7 Å². The first-order valence-electron chi connectivity index (χ1n) is 9.82. The molecule has 0 aliphatic rings. The standard InChI is InChI=1S/C23H26N6O2/c1-23(2,18-14-19(31-29-18)27-22(26-4)28-21(24)25-3)17-12-8-11-16(13-17)20(30)15-9-6-5-7-10-15/h5-14H,1-4H3,(H4,24,25,26,27,28). The highest BCUT2D eigenvalue weighted by Gasteiger charge is 2.28. The van der Waals surface area contributed by atoms with Gasteiger partial charge in [-0.2, -0.15) is 4.99 Å². The van der Waals surface area contributed by atoms with Gasteiger partial charge in [-0.3, -0.25) is 15.5 Å². The lowest BCUT2D eigenvalue weighted by molar-refractivity contribution is 0.103. The van der Waals surface area contributed by atoms with E-state index in [2.05, 4.69) is 26.1 Å². The molecule has 0 radical (unpaired) electrons. The summed E-state index contributed by atoms with van der Waals surface area (Å²) in [6.07, 6.45) is 0. The molecule has 1 heterocycles. The fraction of sp³-hybridized carbons (Fsp3) is 0.217. The molecule has 0 spiro atoms. The van der Waals surface area contributed by atoms with Gasteiger partial charge in [0, 0.05) is 36.7 Å². The maximum atomic E-state index is 12.8. The third-order valence-corrected chi connectivity index (χ3v) is 4.97. The molecule has 8 nitrogen and oxygen atoms in total. The summed E-state index contributed by atoms with van der Waals surface area (Å²) < 4.78 is 5.39. The van der Waals surface area contributed by atoms with E-state index in [0.29, 0.717) is 28.7 Å². The summed E-state index contributed by atoms with van der Waals surface area (Å²) in [4.78, 5) is 17.2. The van der Waals surface area contributed by atoms with Crippen molar-refractivity contribution in [1.82, 2.24) is 21.1 Å². The third-order valence-electron chi connectivity index (χ3n) is 4.97. The molecule has 0 amide bonds. The number of ketones is 1. The van der Waals surface area contributed by atoms with E-state index < -0.39 is 5.41 Å². The molecule has 0 aliphatic carbocycles. The second-order valence-corrected chi connectivity index (χ2v) is 7.41. The monoisotopic (exact) mass is 418 g/mol. The van der Waals surface area contributed by atoms with E-state index in [1.54, 1.807) is 20.2 Å². The van der Waals surface area contributed by atoms with E-state index >= 15 is 0 Å². The molecule has 3 rings (SSSR count). The summed E-state index contributed by atoms with van der Waals surface area (Å²) in [7, 11) is 3.32. The first-order chi connectivity index (χ1) is 14.8. The number of carbonyl (C=O) groups is 1. The predicted octanol–water partition coefficient (Wildman–Crippen LogP) is 3.18. The number of nitrogens with zero attached hydrogens (tertiary/aromatic N) is 2. The lowest BCUT2D eigenvalue weighted by Crippen LogP contribution is -2.43. The van der Waals surface area contributed by atoms with Crippen LogP contribution >= 0.6 is 0 Å². The van der Waals surface area contributed by atoms with Gasteiger partial charge in [-0.25, -0.2) is 0 Å². The van der Waals surface area contributed by atoms with Crippen LogP contribution in [-0.2, 0) is 5.41 Å². The number of hydrogen-bond donors (Lipinski definition) is 4. The number of guanidine groups is 2. The zero-order valence-electron chi connectivity index (χ0n) is 18.0. The molecule has 2 aromatic carbocycles. The predicted molar refractivity (Wildman–Crippen MR) is 121 cm³/mol. The summed E-state index contributed by atoms with van der Waals surface area (Å²) in [6.45, 7) is 4.02. The quantitative estimate of drug-likeness (QED) is 0.287. The molecule has 0 fully saturated rings. The van der Waals surface area contributed by atoms with Crippen molar-refractivity contribution in [2.24, 2.45) is 4.99 Å². The Hall–Kier alpha value is -3.94. The van der Waals surface area contributed by atoms with Crippen LogP contribution in [0.5, 0.6) is 0 Å².